The van der Waals surface area contributed by atoms with Crippen molar-refractivity contribution in [1.29, 1.82) is 0 Å². The van der Waals surface area contributed by atoms with Crippen molar-refractivity contribution in [2.75, 3.05) is 0 Å². The third kappa shape index (κ3) is 3.48. The number of carbonyl (C=O) groups excluding carboxylic acids is 1. The van der Waals surface area contributed by atoms with Crippen LogP contribution in [0.25, 0.3) is 0 Å². The molecule has 1 aromatic carbocycles. The van der Waals surface area contributed by atoms with Gasteiger partial charge in [-0.15, -0.1) is 0 Å². The van der Waals surface area contributed by atoms with Gasteiger partial charge in [0.25, 0.3) is 0 Å². The van der Waals surface area contributed by atoms with E-state index in [-0.39, 0.29) is 5.92 Å². The molecular formula is C13H18O2. The summed E-state index contributed by atoms with van der Waals surface area (Å²) in [6.45, 7) is 5.42. The second-order valence-electron chi connectivity index (χ2n) is 4.57. The molecule has 1 N–H and O–H groups in total. The Labute approximate surface area is 90.9 Å². The lowest BCUT2D eigenvalue weighted by atomic mass is 9.95. The van der Waals surface area contributed by atoms with Crippen LogP contribution in [-0.4, -0.2) is 11.4 Å². The van der Waals surface area contributed by atoms with Crippen molar-refractivity contribution in [1.82, 2.24) is 0 Å². The van der Waals surface area contributed by atoms with Crippen LogP contribution in [0.1, 0.15) is 31.9 Å². The van der Waals surface area contributed by atoms with E-state index in [1.54, 1.807) is 13.8 Å². The highest BCUT2D eigenvalue weighted by Gasteiger charge is 2.15. The molecule has 0 radical (unpaired) electrons. The van der Waals surface area contributed by atoms with Gasteiger partial charge in [0, 0.05) is 5.92 Å². The second-order valence-corrected chi connectivity index (χ2v) is 4.57. The van der Waals surface area contributed by atoms with Crippen LogP contribution in [0.4, 0.5) is 0 Å². The third-order valence-corrected chi connectivity index (χ3v) is 2.45. The summed E-state index contributed by atoms with van der Waals surface area (Å²) in [7, 11) is 0. The first kappa shape index (κ1) is 11.9. The molecule has 82 valence electrons. The van der Waals surface area contributed by atoms with Gasteiger partial charge < -0.3 is 9.90 Å². The quantitative estimate of drug-likeness (QED) is 0.767. The molecular weight excluding hydrogens is 188 g/mol. The first-order valence-electron chi connectivity index (χ1n) is 5.20. The highest BCUT2D eigenvalue weighted by Crippen LogP contribution is 2.20. The number of rotatable bonds is 4. The first-order chi connectivity index (χ1) is 6.93. The molecule has 0 heterocycles. The average Bonchev–Trinajstić information content (AvgIpc) is 2.17. The van der Waals surface area contributed by atoms with Crippen molar-refractivity contribution in [3.05, 3.63) is 35.4 Å². The zero-order chi connectivity index (χ0) is 11.5. The minimum Gasteiger partial charge on any atom is -0.386 e. The van der Waals surface area contributed by atoms with E-state index in [4.69, 9.17) is 0 Å². The SMILES string of the molecule is CC(C=O)Cc1ccc(C(C)(C)O)cc1. The second kappa shape index (κ2) is 4.58. The Morgan fingerprint density at radius 1 is 1.33 bits per heavy atom. The summed E-state index contributed by atoms with van der Waals surface area (Å²) >= 11 is 0. The fourth-order valence-electron chi connectivity index (χ4n) is 1.47. The predicted molar refractivity (Wildman–Crippen MR) is 60.6 cm³/mol. The number of aldehydes is 1. The molecule has 2 heteroatoms. The summed E-state index contributed by atoms with van der Waals surface area (Å²) in [6, 6.07) is 7.75. The lowest BCUT2D eigenvalue weighted by molar-refractivity contribution is -0.110. The van der Waals surface area contributed by atoms with Crippen molar-refractivity contribution >= 4 is 6.29 Å². The number of hydrogen-bond donors (Lipinski definition) is 1. The van der Waals surface area contributed by atoms with Crippen LogP contribution in [-0.2, 0) is 16.8 Å². The van der Waals surface area contributed by atoms with E-state index in [9.17, 15) is 9.90 Å². The predicted octanol–water partition coefficient (Wildman–Crippen LogP) is 2.29. The van der Waals surface area contributed by atoms with Gasteiger partial charge in [-0.3, -0.25) is 0 Å². The normalized spacial score (nSPS) is 13.6. The van der Waals surface area contributed by atoms with E-state index >= 15 is 0 Å². The molecule has 15 heavy (non-hydrogen) atoms. The Morgan fingerprint density at radius 2 is 1.87 bits per heavy atom. The molecule has 0 amide bonds. The molecule has 2 nitrogen and oxygen atoms in total. The van der Waals surface area contributed by atoms with Crippen molar-refractivity contribution in [3.63, 3.8) is 0 Å². The average molecular weight is 206 g/mol. The monoisotopic (exact) mass is 206 g/mol. The molecule has 0 aliphatic rings. The molecule has 0 aliphatic heterocycles. The van der Waals surface area contributed by atoms with Crippen molar-refractivity contribution in [2.45, 2.75) is 32.8 Å². The van der Waals surface area contributed by atoms with Crippen LogP contribution >= 0.6 is 0 Å². The molecule has 0 saturated heterocycles. The maximum Gasteiger partial charge on any atom is 0.123 e. The van der Waals surface area contributed by atoms with Gasteiger partial charge >= 0.3 is 0 Å². The summed E-state index contributed by atoms with van der Waals surface area (Å²) in [5.74, 6) is 0.0537. The van der Waals surface area contributed by atoms with Crippen LogP contribution in [0.5, 0.6) is 0 Å². The third-order valence-electron chi connectivity index (χ3n) is 2.45. The molecule has 0 spiro atoms. The Balaban J connectivity index is 2.77. The Bertz CT molecular complexity index is 319. The molecule has 0 saturated carbocycles. The van der Waals surface area contributed by atoms with E-state index in [1.807, 2.05) is 31.2 Å². The van der Waals surface area contributed by atoms with Gasteiger partial charge in [0.2, 0.25) is 0 Å². The minimum atomic E-state index is -0.797. The van der Waals surface area contributed by atoms with E-state index in [2.05, 4.69) is 0 Å². The van der Waals surface area contributed by atoms with Crippen LogP contribution < -0.4 is 0 Å². The fourth-order valence-corrected chi connectivity index (χ4v) is 1.47. The molecule has 0 bridgehead atoms. The standard InChI is InChI=1S/C13H18O2/c1-10(9-14)8-11-4-6-12(7-5-11)13(2,3)15/h4-7,9-10,15H,8H2,1-3H3. The number of carbonyl (C=O) groups is 1. The van der Waals surface area contributed by atoms with Gasteiger partial charge in [-0.05, 0) is 31.4 Å². The highest BCUT2D eigenvalue weighted by atomic mass is 16.3. The Hall–Kier alpha value is -1.15. The van der Waals surface area contributed by atoms with Gasteiger partial charge in [-0.25, -0.2) is 0 Å². The molecule has 1 aromatic rings. The van der Waals surface area contributed by atoms with Gasteiger partial charge in [-0.1, -0.05) is 31.2 Å². The number of hydrogen-bond acceptors (Lipinski definition) is 2. The lowest BCUT2D eigenvalue weighted by Crippen LogP contribution is -2.15. The van der Waals surface area contributed by atoms with Crippen molar-refractivity contribution < 1.29 is 9.90 Å². The minimum absolute atomic E-state index is 0.0537. The first-order valence-corrected chi connectivity index (χ1v) is 5.20. The highest BCUT2D eigenvalue weighted by molar-refractivity contribution is 5.53. The van der Waals surface area contributed by atoms with Gasteiger partial charge in [0.05, 0.1) is 5.60 Å². The zero-order valence-corrected chi connectivity index (χ0v) is 9.53. The van der Waals surface area contributed by atoms with E-state index in [0.717, 1.165) is 23.8 Å². The zero-order valence-electron chi connectivity index (χ0n) is 9.53. The Kier molecular flexibility index (Phi) is 3.64. The van der Waals surface area contributed by atoms with Gasteiger partial charge in [-0.2, -0.15) is 0 Å². The molecule has 0 aliphatic carbocycles. The van der Waals surface area contributed by atoms with Crippen LogP contribution in [0.15, 0.2) is 24.3 Å². The summed E-state index contributed by atoms with van der Waals surface area (Å²) in [4.78, 5) is 10.5. The summed E-state index contributed by atoms with van der Waals surface area (Å²) in [5, 5.41) is 9.75. The largest absolute Gasteiger partial charge is 0.386 e. The van der Waals surface area contributed by atoms with Crippen LogP contribution in [0.2, 0.25) is 0 Å². The lowest BCUT2D eigenvalue weighted by Gasteiger charge is -2.18. The maximum absolute atomic E-state index is 10.5. The summed E-state index contributed by atoms with van der Waals surface area (Å²) < 4.78 is 0. The molecule has 1 unspecified atom stereocenters. The van der Waals surface area contributed by atoms with Crippen LogP contribution in [0, 0.1) is 5.92 Å². The molecule has 0 aromatic heterocycles. The van der Waals surface area contributed by atoms with E-state index in [0.29, 0.717) is 0 Å². The summed E-state index contributed by atoms with van der Waals surface area (Å²) in [5.41, 5.74) is 1.22. The fraction of sp³-hybridized carbons (Fsp3) is 0.462. The molecule has 1 rings (SSSR count). The molecule has 0 fully saturated rings. The number of benzene rings is 1. The Morgan fingerprint density at radius 3 is 2.27 bits per heavy atom. The van der Waals surface area contributed by atoms with Crippen molar-refractivity contribution in [3.8, 4) is 0 Å². The number of aliphatic hydroxyl groups is 1. The van der Waals surface area contributed by atoms with Gasteiger partial charge in [0.15, 0.2) is 0 Å². The van der Waals surface area contributed by atoms with E-state index in [1.165, 1.54) is 0 Å². The van der Waals surface area contributed by atoms with Crippen molar-refractivity contribution in [2.24, 2.45) is 5.92 Å². The summed E-state index contributed by atoms with van der Waals surface area (Å²) in [6.07, 6.45) is 1.72. The van der Waals surface area contributed by atoms with Crippen LogP contribution in [0.3, 0.4) is 0 Å². The van der Waals surface area contributed by atoms with E-state index < -0.39 is 5.60 Å². The topological polar surface area (TPSA) is 37.3 Å². The smallest absolute Gasteiger partial charge is 0.123 e. The maximum atomic E-state index is 10.5. The molecule has 1 atom stereocenters. The van der Waals surface area contributed by atoms with Gasteiger partial charge in [0.1, 0.15) is 6.29 Å².